The summed E-state index contributed by atoms with van der Waals surface area (Å²) in [5.41, 5.74) is 4.34. The van der Waals surface area contributed by atoms with Crippen molar-refractivity contribution in [2.75, 3.05) is 5.32 Å². The lowest BCUT2D eigenvalue weighted by Gasteiger charge is -2.13. The first kappa shape index (κ1) is 13.6. The molecule has 1 amide bonds. The van der Waals surface area contributed by atoms with Gasteiger partial charge in [0.15, 0.2) is 0 Å². The fraction of sp³-hybridized carbons (Fsp3) is 0.222. The molecule has 0 aromatic heterocycles. The summed E-state index contributed by atoms with van der Waals surface area (Å²) in [5.74, 6) is -0.0111. The maximum atomic E-state index is 12.3. The Kier molecular flexibility index (Phi) is 3.82. The zero-order valence-electron chi connectivity index (χ0n) is 12.0. The number of nitrogens with zero attached hydrogens (tertiary/aromatic N) is 1. The van der Waals surface area contributed by atoms with E-state index < -0.39 is 0 Å². The molecule has 1 N–H and O–H groups in total. The van der Waals surface area contributed by atoms with E-state index in [1.165, 1.54) is 11.1 Å². The van der Waals surface area contributed by atoms with E-state index in [-0.39, 0.29) is 11.8 Å². The van der Waals surface area contributed by atoms with Crippen molar-refractivity contribution in [3.63, 3.8) is 0 Å². The topological polar surface area (TPSA) is 41.5 Å². The van der Waals surface area contributed by atoms with Crippen LogP contribution in [0, 0.1) is 5.92 Å². The van der Waals surface area contributed by atoms with Crippen molar-refractivity contribution in [1.29, 1.82) is 0 Å². The van der Waals surface area contributed by atoms with Crippen molar-refractivity contribution >= 4 is 17.8 Å². The predicted molar refractivity (Wildman–Crippen MR) is 85.7 cm³/mol. The summed E-state index contributed by atoms with van der Waals surface area (Å²) in [6.45, 7) is 2.70. The minimum atomic E-state index is -0.0608. The number of hydrogen-bond donors (Lipinski definition) is 1. The predicted octanol–water partition coefficient (Wildman–Crippen LogP) is 3.44. The summed E-state index contributed by atoms with van der Waals surface area (Å²) in [5, 5.41) is 2.99. The molecule has 1 aliphatic heterocycles. The Balaban J connectivity index is 1.64. The molecule has 3 rings (SSSR count). The Morgan fingerprint density at radius 1 is 1.24 bits per heavy atom. The number of aliphatic imine (C=N–C) groups is 1. The van der Waals surface area contributed by atoms with Crippen molar-refractivity contribution in [3.05, 3.63) is 65.2 Å². The van der Waals surface area contributed by atoms with Gasteiger partial charge in [-0.2, -0.15) is 0 Å². The molecule has 0 aliphatic carbocycles. The van der Waals surface area contributed by atoms with Gasteiger partial charge in [0.25, 0.3) is 0 Å². The van der Waals surface area contributed by atoms with Crippen LogP contribution in [0.15, 0.2) is 53.5 Å². The van der Waals surface area contributed by atoms with Crippen LogP contribution in [0.2, 0.25) is 0 Å². The molecule has 0 bridgehead atoms. The molecular weight excluding hydrogens is 260 g/mol. The van der Waals surface area contributed by atoms with Gasteiger partial charge in [-0.3, -0.25) is 9.79 Å². The van der Waals surface area contributed by atoms with Gasteiger partial charge < -0.3 is 5.32 Å². The third kappa shape index (κ3) is 3.19. The van der Waals surface area contributed by atoms with Crippen molar-refractivity contribution in [1.82, 2.24) is 0 Å². The molecule has 3 heteroatoms. The van der Waals surface area contributed by atoms with Crippen molar-refractivity contribution in [2.24, 2.45) is 10.9 Å². The number of anilines is 1. The summed E-state index contributed by atoms with van der Waals surface area (Å²) in [4.78, 5) is 16.5. The van der Waals surface area contributed by atoms with Crippen LogP contribution in [0.1, 0.15) is 23.6 Å². The van der Waals surface area contributed by atoms with E-state index in [0.29, 0.717) is 0 Å². The SMILES string of the molecule is CC(Cc1ccccc1)C(=O)Nc1ccc2c(c1)C=NC2. The number of hydrogen-bond acceptors (Lipinski definition) is 2. The quantitative estimate of drug-likeness (QED) is 0.914. The van der Waals surface area contributed by atoms with E-state index in [2.05, 4.69) is 22.4 Å². The second kappa shape index (κ2) is 5.92. The fourth-order valence-electron chi connectivity index (χ4n) is 2.51. The van der Waals surface area contributed by atoms with E-state index in [9.17, 15) is 4.79 Å². The molecule has 1 atom stereocenters. The Hall–Kier alpha value is -2.42. The van der Waals surface area contributed by atoms with E-state index in [4.69, 9.17) is 0 Å². The summed E-state index contributed by atoms with van der Waals surface area (Å²) in [7, 11) is 0. The van der Waals surface area contributed by atoms with Crippen LogP contribution >= 0.6 is 0 Å². The van der Waals surface area contributed by atoms with E-state index in [1.54, 1.807) is 0 Å². The molecule has 2 aromatic rings. The van der Waals surface area contributed by atoms with Gasteiger partial charge in [-0.1, -0.05) is 43.3 Å². The Morgan fingerprint density at radius 2 is 2.05 bits per heavy atom. The van der Waals surface area contributed by atoms with E-state index in [0.717, 1.165) is 24.2 Å². The summed E-state index contributed by atoms with van der Waals surface area (Å²) in [6.07, 6.45) is 2.61. The van der Waals surface area contributed by atoms with Crippen LogP contribution in [0.3, 0.4) is 0 Å². The average molecular weight is 278 g/mol. The summed E-state index contributed by atoms with van der Waals surface area (Å²) < 4.78 is 0. The third-order valence-corrected chi connectivity index (χ3v) is 3.74. The van der Waals surface area contributed by atoms with Gasteiger partial charge in [0.05, 0.1) is 6.54 Å². The van der Waals surface area contributed by atoms with E-state index >= 15 is 0 Å². The highest BCUT2D eigenvalue weighted by molar-refractivity contribution is 5.94. The Bertz CT molecular complexity index is 677. The molecule has 0 saturated carbocycles. The first-order chi connectivity index (χ1) is 10.2. The van der Waals surface area contributed by atoms with Gasteiger partial charge >= 0.3 is 0 Å². The van der Waals surface area contributed by atoms with Gasteiger partial charge in [0, 0.05) is 17.8 Å². The minimum absolute atomic E-state index is 0.0498. The van der Waals surface area contributed by atoms with Crippen molar-refractivity contribution in [2.45, 2.75) is 19.9 Å². The number of carbonyl (C=O) groups is 1. The largest absolute Gasteiger partial charge is 0.326 e. The fourth-order valence-corrected chi connectivity index (χ4v) is 2.51. The number of amides is 1. The molecule has 2 aromatic carbocycles. The van der Waals surface area contributed by atoms with Gasteiger partial charge in [-0.25, -0.2) is 0 Å². The number of carbonyl (C=O) groups excluding carboxylic acids is 1. The number of nitrogens with one attached hydrogen (secondary N) is 1. The highest BCUT2D eigenvalue weighted by Gasteiger charge is 2.14. The smallest absolute Gasteiger partial charge is 0.227 e. The molecule has 1 heterocycles. The van der Waals surface area contributed by atoms with Crippen LogP contribution < -0.4 is 5.32 Å². The third-order valence-electron chi connectivity index (χ3n) is 3.74. The molecular formula is C18H18N2O. The van der Waals surface area contributed by atoms with Crippen molar-refractivity contribution < 1.29 is 4.79 Å². The molecule has 0 spiro atoms. The summed E-state index contributed by atoms with van der Waals surface area (Å²) in [6, 6.07) is 16.0. The maximum Gasteiger partial charge on any atom is 0.227 e. The Labute approximate surface area is 124 Å². The van der Waals surface area contributed by atoms with Crippen LogP contribution in [0.25, 0.3) is 0 Å². The van der Waals surface area contributed by atoms with Crippen molar-refractivity contribution in [3.8, 4) is 0 Å². The second-order valence-corrected chi connectivity index (χ2v) is 5.46. The highest BCUT2D eigenvalue weighted by Crippen LogP contribution is 2.20. The molecule has 1 aliphatic rings. The van der Waals surface area contributed by atoms with Gasteiger partial charge in [0.2, 0.25) is 5.91 Å². The lowest BCUT2D eigenvalue weighted by atomic mass is 10.0. The van der Waals surface area contributed by atoms with Crippen LogP contribution in [-0.2, 0) is 17.8 Å². The first-order valence-corrected chi connectivity index (χ1v) is 7.20. The molecule has 1 unspecified atom stereocenters. The Morgan fingerprint density at radius 3 is 2.86 bits per heavy atom. The van der Waals surface area contributed by atoms with Crippen LogP contribution in [-0.4, -0.2) is 12.1 Å². The lowest BCUT2D eigenvalue weighted by Crippen LogP contribution is -2.22. The minimum Gasteiger partial charge on any atom is -0.326 e. The van der Waals surface area contributed by atoms with E-state index in [1.807, 2.05) is 49.5 Å². The first-order valence-electron chi connectivity index (χ1n) is 7.20. The normalized spacial score (nSPS) is 13.8. The average Bonchev–Trinajstić information content (AvgIpc) is 2.95. The number of benzene rings is 2. The molecule has 0 saturated heterocycles. The number of rotatable bonds is 4. The second-order valence-electron chi connectivity index (χ2n) is 5.46. The standard InChI is InChI=1S/C18H18N2O/c1-13(9-14-5-3-2-4-6-14)18(21)20-17-8-7-15-11-19-12-16(15)10-17/h2-8,10,12-13H,9,11H2,1H3,(H,20,21). The zero-order valence-corrected chi connectivity index (χ0v) is 12.0. The van der Waals surface area contributed by atoms with Gasteiger partial charge in [0.1, 0.15) is 0 Å². The zero-order chi connectivity index (χ0) is 14.7. The van der Waals surface area contributed by atoms with Crippen LogP contribution in [0.5, 0.6) is 0 Å². The van der Waals surface area contributed by atoms with Gasteiger partial charge in [-0.15, -0.1) is 0 Å². The lowest BCUT2D eigenvalue weighted by molar-refractivity contribution is -0.119. The molecule has 21 heavy (non-hydrogen) atoms. The molecule has 0 radical (unpaired) electrons. The number of fused-ring (bicyclic) bond motifs is 1. The molecule has 3 nitrogen and oxygen atoms in total. The molecule has 106 valence electrons. The summed E-state index contributed by atoms with van der Waals surface area (Å²) >= 11 is 0. The molecule has 0 fully saturated rings. The van der Waals surface area contributed by atoms with Crippen LogP contribution in [0.4, 0.5) is 5.69 Å². The highest BCUT2D eigenvalue weighted by atomic mass is 16.1. The monoisotopic (exact) mass is 278 g/mol. The maximum absolute atomic E-state index is 12.3. The van der Waals surface area contributed by atoms with Gasteiger partial charge in [-0.05, 0) is 35.2 Å².